The van der Waals surface area contributed by atoms with E-state index in [-0.39, 0.29) is 11.7 Å². The van der Waals surface area contributed by atoms with E-state index in [0.29, 0.717) is 11.6 Å². The van der Waals surface area contributed by atoms with Crippen molar-refractivity contribution in [3.63, 3.8) is 0 Å². The second-order valence-electron chi connectivity index (χ2n) is 3.58. The third-order valence-electron chi connectivity index (χ3n) is 2.13. The number of nitrogens with two attached hydrogens (primary N) is 1. The lowest BCUT2D eigenvalue weighted by Crippen LogP contribution is -2.21. The Labute approximate surface area is 95.2 Å². The van der Waals surface area contributed by atoms with E-state index >= 15 is 0 Å². The van der Waals surface area contributed by atoms with Gasteiger partial charge in [-0.2, -0.15) is 0 Å². The van der Waals surface area contributed by atoms with Crippen LogP contribution < -0.4 is 5.73 Å². The standard InChI is InChI=1S/C10H14ClNO2S/c1-15(13,14)7-9(6-12)8-2-4-10(11)5-3-8/h2-5,9H,6-7,12H2,1H3. The molecule has 0 aromatic heterocycles. The number of halogens is 1. The monoisotopic (exact) mass is 247 g/mol. The average molecular weight is 248 g/mol. The molecular weight excluding hydrogens is 234 g/mol. The molecule has 3 nitrogen and oxygen atoms in total. The van der Waals surface area contributed by atoms with Crippen molar-refractivity contribution in [2.24, 2.45) is 5.73 Å². The van der Waals surface area contributed by atoms with Crippen LogP contribution in [0.1, 0.15) is 11.5 Å². The number of hydrogen-bond donors (Lipinski definition) is 1. The summed E-state index contributed by atoms with van der Waals surface area (Å²) in [6.45, 7) is 0.314. The average Bonchev–Trinajstić information content (AvgIpc) is 2.14. The van der Waals surface area contributed by atoms with Gasteiger partial charge in [0.15, 0.2) is 0 Å². The van der Waals surface area contributed by atoms with Gasteiger partial charge in [-0.05, 0) is 17.7 Å². The van der Waals surface area contributed by atoms with E-state index in [4.69, 9.17) is 17.3 Å². The van der Waals surface area contributed by atoms with Gasteiger partial charge in [-0.1, -0.05) is 23.7 Å². The van der Waals surface area contributed by atoms with Gasteiger partial charge in [0, 0.05) is 23.7 Å². The van der Waals surface area contributed by atoms with Crippen molar-refractivity contribution in [3.05, 3.63) is 34.9 Å². The SMILES string of the molecule is CS(=O)(=O)CC(CN)c1ccc(Cl)cc1. The Hall–Kier alpha value is -0.580. The number of sulfone groups is 1. The fraction of sp³-hybridized carbons (Fsp3) is 0.400. The second-order valence-corrected chi connectivity index (χ2v) is 6.20. The minimum atomic E-state index is -3.01. The van der Waals surface area contributed by atoms with Gasteiger partial charge < -0.3 is 5.73 Å². The highest BCUT2D eigenvalue weighted by Gasteiger charge is 2.15. The molecule has 1 aromatic rings. The fourth-order valence-corrected chi connectivity index (χ4v) is 2.59. The molecule has 0 spiro atoms. The van der Waals surface area contributed by atoms with Crippen molar-refractivity contribution in [3.8, 4) is 0 Å². The molecule has 0 aliphatic heterocycles. The molecule has 84 valence electrons. The summed E-state index contributed by atoms with van der Waals surface area (Å²) in [5.41, 5.74) is 6.46. The predicted molar refractivity (Wildman–Crippen MR) is 63.0 cm³/mol. The zero-order chi connectivity index (χ0) is 11.5. The van der Waals surface area contributed by atoms with Crippen LogP contribution in [0.3, 0.4) is 0 Å². The maximum absolute atomic E-state index is 11.2. The molecule has 0 saturated heterocycles. The van der Waals surface area contributed by atoms with E-state index in [1.807, 2.05) is 12.1 Å². The summed E-state index contributed by atoms with van der Waals surface area (Å²) < 4.78 is 22.3. The quantitative estimate of drug-likeness (QED) is 0.876. The van der Waals surface area contributed by atoms with Crippen molar-refractivity contribution >= 4 is 21.4 Å². The smallest absolute Gasteiger partial charge is 0.148 e. The topological polar surface area (TPSA) is 60.2 Å². The van der Waals surface area contributed by atoms with Crippen LogP contribution in [0.5, 0.6) is 0 Å². The second kappa shape index (κ2) is 4.96. The lowest BCUT2D eigenvalue weighted by atomic mass is 10.0. The lowest BCUT2D eigenvalue weighted by molar-refractivity contribution is 0.593. The van der Waals surface area contributed by atoms with Gasteiger partial charge in [0.1, 0.15) is 9.84 Å². The summed E-state index contributed by atoms with van der Waals surface area (Å²) in [5, 5.41) is 0.633. The van der Waals surface area contributed by atoms with Gasteiger partial charge in [-0.25, -0.2) is 8.42 Å². The molecule has 15 heavy (non-hydrogen) atoms. The van der Waals surface area contributed by atoms with Crippen LogP contribution in [0.2, 0.25) is 5.02 Å². The third-order valence-corrected chi connectivity index (χ3v) is 3.39. The maximum atomic E-state index is 11.2. The van der Waals surface area contributed by atoms with Crippen LogP contribution in [0, 0.1) is 0 Å². The van der Waals surface area contributed by atoms with E-state index in [9.17, 15) is 8.42 Å². The van der Waals surface area contributed by atoms with Crippen molar-refractivity contribution in [2.75, 3.05) is 18.6 Å². The molecule has 1 aromatic carbocycles. The van der Waals surface area contributed by atoms with Crippen LogP contribution in [-0.4, -0.2) is 27.0 Å². The minimum absolute atomic E-state index is 0.0745. The van der Waals surface area contributed by atoms with Crippen molar-refractivity contribution < 1.29 is 8.42 Å². The Morgan fingerprint density at radius 2 is 1.87 bits per heavy atom. The van der Waals surface area contributed by atoms with Gasteiger partial charge in [-0.15, -0.1) is 0 Å². The maximum Gasteiger partial charge on any atom is 0.148 e. The molecule has 5 heteroatoms. The first-order valence-corrected chi connectivity index (χ1v) is 6.99. The molecule has 0 amide bonds. The van der Waals surface area contributed by atoms with Gasteiger partial charge in [0.25, 0.3) is 0 Å². The van der Waals surface area contributed by atoms with Gasteiger partial charge in [-0.3, -0.25) is 0 Å². The van der Waals surface area contributed by atoms with Crippen LogP contribution in [0.25, 0.3) is 0 Å². The normalized spacial score (nSPS) is 13.8. The van der Waals surface area contributed by atoms with E-state index in [0.717, 1.165) is 5.56 Å². The molecular formula is C10H14ClNO2S. The Bertz CT molecular complexity index is 414. The summed E-state index contributed by atoms with van der Waals surface area (Å²) >= 11 is 5.74. The Morgan fingerprint density at radius 3 is 2.27 bits per heavy atom. The zero-order valence-corrected chi connectivity index (χ0v) is 10.1. The van der Waals surface area contributed by atoms with E-state index in [1.54, 1.807) is 12.1 Å². The zero-order valence-electron chi connectivity index (χ0n) is 8.48. The van der Waals surface area contributed by atoms with Crippen LogP contribution in [0.15, 0.2) is 24.3 Å². The highest BCUT2D eigenvalue weighted by atomic mass is 35.5. The van der Waals surface area contributed by atoms with Crippen molar-refractivity contribution in [1.82, 2.24) is 0 Å². The van der Waals surface area contributed by atoms with E-state index in [2.05, 4.69) is 0 Å². The summed E-state index contributed by atoms with van der Waals surface area (Å²) in [5.74, 6) is -0.0808. The van der Waals surface area contributed by atoms with Gasteiger partial charge in [0.05, 0.1) is 5.75 Å². The molecule has 0 radical (unpaired) electrons. The predicted octanol–water partition coefficient (Wildman–Crippen LogP) is 1.43. The molecule has 0 aliphatic rings. The lowest BCUT2D eigenvalue weighted by Gasteiger charge is -2.13. The molecule has 0 heterocycles. The molecule has 1 rings (SSSR count). The summed E-state index contributed by atoms with van der Waals surface area (Å²) in [6, 6.07) is 7.10. The Morgan fingerprint density at radius 1 is 1.33 bits per heavy atom. The molecule has 0 saturated carbocycles. The van der Waals surface area contributed by atoms with Crippen molar-refractivity contribution in [1.29, 1.82) is 0 Å². The summed E-state index contributed by atoms with van der Waals surface area (Å²) in [7, 11) is -3.01. The Balaban J connectivity index is 2.88. The third kappa shape index (κ3) is 4.20. The fourth-order valence-electron chi connectivity index (χ4n) is 1.40. The van der Waals surface area contributed by atoms with Crippen LogP contribution in [0.4, 0.5) is 0 Å². The Kier molecular flexibility index (Phi) is 4.13. The van der Waals surface area contributed by atoms with Crippen LogP contribution >= 0.6 is 11.6 Å². The van der Waals surface area contributed by atoms with Gasteiger partial charge in [0.2, 0.25) is 0 Å². The minimum Gasteiger partial charge on any atom is -0.330 e. The summed E-state index contributed by atoms with van der Waals surface area (Å²) in [4.78, 5) is 0. The summed E-state index contributed by atoms with van der Waals surface area (Å²) in [6.07, 6.45) is 1.21. The number of hydrogen-bond acceptors (Lipinski definition) is 3. The van der Waals surface area contributed by atoms with E-state index < -0.39 is 9.84 Å². The van der Waals surface area contributed by atoms with E-state index in [1.165, 1.54) is 6.26 Å². The van der Waals surface area contributed by atoms with Crippen molar-refractivity contribution in [2.45, 2.75) is 5.92 Å². The number of rotatable bonds is 4. The largest absolute Gasteiger partial charge is 0.330 e. The molecule has 0 aliphatic carbocycles. The van der Waals surface area contributed by atoms with Gasteiger partial charge >= 0.3 is 0 Å². The molecule has 1 atom stereocenters. The molecule has 0 bridgehead atoms. The number of benzene rings is 1. The highest BCUT2D eigenvalue weighted by molar-refractivity contribution is 7.90. The molecule has 1 unspecified atom stereocenters. The first-order valence-electron chi connectivity index (χ1n) is 4.55. The van der Waals surface area contributed by atoms with Crippen LogP contribution in [-0.2, 0) is 9.84 Å². The first kappa shape index (κ1) is 12.5. The first-order chi connectivity index (χ1) is 6.92. The molecule has 0 fully saturated rings. The highest BCUT2D eigenvalue weighted by Crippen LogP contribution is 2.19. The molecule has 2 N–H and O–H groups in total.